The van der Waals surface area contributed by atoms with Crippen molar-refractivity contribution < 1.29 is 9.53 Å². The maximum absolute atomic E-state index is 10.9. The Labute approximate surface area is 114 Å². The topological polar surface area (TPSA) is 29.5 Å². The highest BCUT2D eigenvalue weighted by Crippen LogP contribution is 2.32. The van der Waals surface area contributed by atoms with E-state index < -0.39 is 0 Å². The Morgan fingerprint density at radius 1 is 1.26 bits per heavy atom. The van der Waals surface area contributed by atoms with Crippen LogP contribution in [0.2, 0.25) is 0 Å². The van der Waals surface area contributed by atoms with Gasteiger partial charge in [0.25, 0.3) is 0 Å². The zero-order valence-corrected chi connectivity index (χ0v) is 11.3. The smallest absolute Gasteiger partial charge is 0.203 e. The number of ether oxygens (including phenoxy) is 1. The van der Waals surface area contributed by atoms with E-state index in [1.54, 1.807) is 0 Å². The SMILES string of the molecule is CCc1ccc(OC2CC3CN(C2)CC3[C]=O)cc1. The van der Waals surface area contributed by atoms with Crippen LogP contribution < -0.4 is 4.74 Å². The molecule has 2 aliphatic rings. The van der Waals surface area contributed by atoms with Gasteiger partial charge >= 0.3 is 0 Å². The molecule has 2 aliphatic heterocycles. The Kier molecular flexibility index (Phi) is 3.56. The quantitative estimate of drug-likeness (QED) is 0.828. The molecule has 0 N–H and O–H groups in total. The second kappa shape index (κ2) is 5.33. The fourth-order valence-electron chi connectivity index (χ4n) is 3.26. The Balaban J connectivity index is 1.63. The van der Waals surface area contributed by atoms with Crippen LogP contribution in [-0.4, -0.2) is 36.9 Å². The van der Waals surface area contributed by atoms with E-state index in [1.165, 1.54) is 5.56 Å². The molecule has 0 aromatic heterocycles. The summed E-state index contributed by atoms with van der Waals surface area (Å²) >= 11 is 0. The maximum atomic E-state index is 10.9. The molecule has 0 saturated carbocycles. The molecule has 0 amide bonds. The molecule has 2 heterocycles. The van der Waals surface area contributed by atoms with Gasteiger partial charge in [-0.2, -0.15) is 0 Å². The third kappa shape index (κ3) is 2.66. The minimum absolute atomic E-state index is 0.0936. The first kappa shape index (κ1) is 12.7. The van der Waals surface area contributed by atoms with Crippen molar-refractivity contribution in [2.24, 2.45) is 11.8 Å². The van der Waals surface area contributed by atoms with Crippen LogP contribution in [0.3, 0.4) is 0 Å². The van der Waals surface area contributed by atoms with Crippen molar-refractivity contribution in [1.82, 2.24) is 4.90 Å². The molecule has 2 bridgehead atoms. The number of carbonyl (C=O) groups excluding carboxylic acids is 1. The number of hydrogen-bond acceptors (Lipinski definition) is 3. The third-order valence-corrected chi connectivity index (χ3v) is 4.33. The minimum Gasteiger partial charge on any atom is -0.489 e. The summed E-state index contributed by atoms with van der Waals surface area (Å²) in [5.41, 5.74) is 1.33. The average molecular weight is 258 g/mol. The maximum Gasteiger partial charge on any atom is 0.203 e. The summed E-state index contributed by atoms with van der Waals surface area (Å²) in [5, 5.41) is 0. The lowest BCUT2D eigenvalue weighted by Crippen LogP contribution is -2.39. The summed E-state index contributed by atoms with van der Waals surface area (Å²) in [6, 6.07) is 8.34. The van der Waals surface area contributed by atoms with E-state index in [9.17, 15) is 4.79 Å². The fourth-order valence-corrected chi connectivity index (χ4v) is 3.26. The number of nitrogens with zero attached hydrogens (tertiary/aromatic N) is 1. The summed E-state index contributed by atoms with van der Waals surface area (Å²) in [6.07, 6.45) is 4.43. The van der Waals surface area contributed by atoms with E-state index in [-0.39, 0.29) is 12.0 Å². The second-order valence-corrected chi connectivity index (χ2v) is 5.68. The normalized spacial score (nSPS) is 33.1. The highest BCUT2D eigenvalue weighted by atomic mass is 16.5. The van der Waals surface area contributed by atoms with E-state index in [0.29, 0.717) is 5.92 Å². The van der Waals surface area contributed by atoms with Crippen LogP contribution in [0, 0.1) is 11.8 Å². The van der Waals surface area contributed by atoms with E-state index in [4.69, 9.17) is 4.74 Å². The monoisotopic (exact) mass is 258 g/mol. The van der Waals surface area contributed by atoms with Gasteiger partial charge in [0.1, 0.15) is 11.9 Å². The van der Waals surface area contributed by atoms with Crippen molar-refractivity contribution in [1.29, 1.82) is 0 Å². The van der Waals surface area contributed by atoms with Gasteiger partial charge in [-0.15, -0.1) is 0 Å². The largest absolute Gasteiger partial charge is 0.489 e. The average Bonchev–Trinajstić information content (AvgIpc) is 2.74. The third-order valence-electron chi connectivity index (χ3n) is 4.33. The van der Waals surface area contributed by atoms with Gasteiger partial charge in [-0.1, -0.05) is 19.1 Å². The summed E-state index contributed by atoms with van der Waals surface area (Å²) < 4.78 is 6.06. The second-order valence-electron chi connectivity index (χ2n) is 5.68. The molecule has 101 valence electrons. The number of piperidine rings is 1. The molecular weight excluding hydrogens is 238 g/mol. The first-order valence-corrected chi connectivity index (χ1v) is 7.14. The fraction of sp³-hybridized carbons (Fsp3) is 0.562. The Bertz CT molecular complexity index is 443. The van der Waals surface area contributed by atoms with Crippen LogP contribution in [0.5, 0.6) is 5.75 Å². The zero-order chi connectivity index (χ0) is 13.2. The summed E-state index contributed by atoms with van der Waals surface area (Å²) in [4.78, 5) is 13.2. The molecule has 2 saturated heterocycles. The molecule has 2 fully saturated rings. The highest BCUT2D eigenvalue weighted by molar-refractivity contribution is 5.56. The molecule has 19 heavy (non-hydrogen) atoms. The van der Waals surface area contributed by atoms with Gasteiger partial charge in [0.15, 0.2) is 0 Å². The van der Waals surface area contributed by atoms with Crippen molar-refractivity contribution in [3.05, 3.63) is 29.8 Å². The molecule has 4 unspecified atom stereocenters. The summed E-state index contributed by atoms with van der Waals surface area (Å²) in [5.74, 6) is 1.47. The number of hydrogen-bond donors (Lipinski definition) is 0. The highest BCUT2D eigenvalue weighted by Gasteiger charge is 2.40. The van der Waals surface area contributed by atoms with Gasteiger partial charge in [0, 0.05) is 25.6 Å². The van der Waals surface area contributed by atoms with Crippen LogP contribution in [-0.2, 0) is 11.2 Å². The summed E-state index contributed by atoms with van der Waals surface area (Å²) in [7, 11) is 0. The molecule has 3 nitrogen and oxygen atoms in total. The van der Waals surface area contributed by atoms with Crippen molar-refractivity contribution in [2.45, 2.75) is 25.9 Å². The van der Waals surface area contributed by atoms with E-state index in [0.717, 1.165) is 38.2 Å². The lowest BCUT2D eigenvalue weighted by atomic mass is 9.91. The predicted octanol–water partition coefficient (Wildman–Crippen LogP) is 2.06. The number of fused-ring (bicyclic) bond motifs is 2. The molecule has 1 aromatic carbocycles. The molecule has 1 radical (unpaired) electrons. The zero-order valence-electron chi connectivity index (χ0n) is 11.3. The Morgan fingerprint density at radius 3 is 2.74 bits per heavy atom. The van der Waals surface area contributed by atoms with Crippen molar-refractivity contribution in [2.75, 3.05) is 19.6 Å². The van der Waals surface area contributed by atoms with Crippen molar-refractivity contribution in [3.63, 3.8) is 0 Å². The molecule has 1 aromatic rings. The van der Waals surface area contributed by atoms with Gasteiger partial charge < -0.3 is 4.74 Å². The van der Waals surface area contributed by atoms with Crippen molar-refractivity contribution >= 4 is 6.29 Å². The number of rotatable bonds is 4. The first-order chi connectivity index (χ1) is 9.28. The van der Waals surface area contributed by atoms with Gasteiger partial charge in [0.2, 0.25) is 6.29 Å². The lowest BCUT2D eigenvalue weighted by Gasteiger charge is -2.30. The minimum atomic E-state index is 0.0936. The van der Waals surface area contributed by atoms with Gasteiger partial charge in [-0.05, 0) is 36.5 Å². The molecule has 3 heteroatoms. The number of benzene rings is 1. The van der Waals surface area contributed by atoms with Crippen molar-refractivity contribution in [3.8, 4) is 5.75 Å². The lowest BCUT2D eigenvalue weighted by molar-refractivity contribution is 0.0970. The van der Waals surface area contributed by atoms with E-state index >= 15 is 0 Å². The number of aryl methyl sites for hydroxylation is 1. The predicted molar refractivity (Wildman–Crippen MR) is 74.0 cm³/mol. The van der Waals surface area contributed by atoms with E-state index in [1.807, 2.05) is 12.1 Å². The van der Waals surface area contributed by atoms with Crippen LogP contribution in [0.4, 0.5) is 0 Å². The summed E-state index contributed by atoms with van der Waals surface area (Å²) in [6.45, 7) is 4.99. The molecule has 0 spiro atoms. The van der Waals surface area contributed by atoms with Gasteiger partial charge in [0.05, 0.1) is 0 Å². The molecule has 0 aliphatic carbocycles. The van der Waals surface area contributed by atoms with Crippen LogP contribution in [0.25, 0.3) is 0 Å². The first-order valence-electron chi connectivity index (χ1n) is 7.14. The molecular formula is C16H20NO2. The van der Waals surface area contributed by atoms with E-state index in [2.05, 4.69) is 30.2 Å². The Hall–Kier alpha value is -1.35. The van der Waals surface area contributed by atoms with Gasteiger partial charge in [-0.25, -0.2) is 0 Å². The standard InChI is InChI=1S/C16H20NO2/c1-2-12-3-5-15(6-4-12)19-16-7-13-8-17(10-16)9-14(13)11-18/h3-6,13-14,16H,2,7-10H2,1H3. The molecule has 3 rings (SSSR count). The van der Waals surface area contributed by atoms with Crippen LogP contribution in [0.1, 0.15) is 18.9 Å². The van der Waals surface area contributed by atoms with Crippen LogP contribution >= 0.6 is 0 Å². The van der Waals surface area contributed by atoms with Crippen LogP contribution in [0.15, 0.2) is 24.3 Å². The Morgan fingerprint density at radius 2 is 2.05 bits per heavy atom. The molecule has 4 atom stereocenters. The van der Waals surface area contributed by atoms with Gasteiger partial charge in [-0.3, -0.25) is 9.69 Å².